The highest BCUT2D eigenvalue weighted by molar-refractivity contribution is 6.03. The van der Waals surface area contributed by atoms with Crippen molar-refractivity contribution in [3.05, 3.63) is 108 Å². The van der Waals surface area contributed by atoms with Crippen LogP contribution < -0.4 is 10.6 Å². The van der Waals surface area contributed by atoms with E-state index in [4.69, 9.17) is 0 Å². The molecule has 1 aromatic heterocycles. The van der Waals surface area contributed by atoms with Gasteiger partial charge in [0.05, 0.1) is 18.8 Å². The lowest BCUT2D eigenvalue weighted by atomic mass is 9.98. The Labute approximate surface area is 193 Å². The topological polar surface area (TPSA) is 76.0 Å². The highest BCUT2D eigenvalue weighted by Gasteiger charge is 2.17. The average Bonchev–Trinajstić information content (AvgIpc) is 3.36. The van der Waals surface area contributed by atoms with Crippen LogP contribution in [0.15, 0.2) is 79.1 Å². The Kier molecular flexibility index (Phi) is 6.72. The van der Waals surface area contributed by atoms with Gasteiger partial charge in [0.2, 0.25) is 5.91 Å². The number of rotatable bonds is 7. The van der Waals surface area contributed by atoms with Gasteiger partial charge >= 0.3 is 0 Å². The van der Waals surface area contributed by atoms with Gasteiger partial charge in [0.15, 0.2) is 17.5 Å². The number of aromatic nitrogens is 2. The molecule has 0 saturated heterocycles. The van der Waals surface area contributed by atoms with Crippen LogP contribution in [0.25, 0.3) is 11.1 Å². The van der Waals surface area contributed by atoms with Crippen molar-refractivity contribution in [3.8, 4) is 11.1 Å². The maximum absolute atomic E-state index is 13.7. The van der Waals surface area contributed by atoms with Gasteiger partial charge in [-0.05, 0) is 41.0 Å². The van der Waals surface area contributed by atoms with E-state index in [1.807, 2.05) is 36.5 Å². The number of carbonyl (C=O) groups excluding carboxylic acids is 2. The number of carbonyl (C=O) groups is 2. The van der Waals surface area contributed by atoms with Crippen LogP contribution in [0.5, 0.6) is 0 Å². The van der Waals surface area contributed by atoms with Crippen LogP contribution in [0, 0.1) is 17.5 Å². The predicted molar refractivity (Wildman–Crippen MR) is 120 cm³/mol. The Hall–Kier alpha value is -4.40. The molecule has 4 rings (SSSR count). The van der Waals surface area contributed by atoms with E-state index >= 15 is 0 Å². The van der Waals surface area contributed by atoms with Crippen LogP contribution in [0.4, 0.5) is 18.9 Å². The molecule has 0 bridgehead atoms. The molecule has 2 amide bonds. The second-order valence-corrected chi connectivity index (χ2v) is 7.40. The van der Waals surface area contributed by atoms with Gasteiger partial charge in [-0.25, -0.2) is 13.2 Å². The quantitative estimate of drug-likeness (QED) is 0.399. The molecule has 172 valence electrons. The van der Waals surface area contributed by atoms with Gasteiger partial charge in [0, 0.05) is 18.0 Å². The summed E-state index contributed by atoms with van der Waals surface area (Å²) in [6.07, 6.45) is 3.57. The lowest BCUT2D eigenvalue weighted by Crippen LogP contribution is -2.33. The van der Waals surface area contributed by atoms with Crippen LogP contribution in [0.3, 0.4) is 0 Å². The summed E-state index contributed by atoms with van der Waals surface area (Å²) in [5.74, 6) is -5.88. The molecule has 0 aliphatic rings. The van der Waals surface area contributed by atoms with Crippen LogP contribution >= 0.6 is 0 Å². The highest BCUT2D eigenvalue weighted by atomic mass is 19.2. The smallest absolute Gasteiger partial charge is 0.252 e. The molecule has 0 radical (unpaired) electrons. The molecule has 6 nitrogen and oxygen atoms in total. The molecule has 0 aliphatic carbocycles. The fourth-order valence-electron chi connectivity index (χ4n) is 3.38. The van der Waals surface area contributed by atoms with E-state index in [-0.39, 0.29) is 0 Å². The third-order valence-corrected chi connectivity index (χ3v) is 5.06. The van der Waals surface area contributed by atoms with Crippen molar-refractivity contribution in [1.29, 1.82) is 0 Å². The molecule has 2 N–H and O–H groups in total. The summed E-state index contributed by atoms with van der Waals surface area (Å²) in [6, 6.07) is 18.0. The monoisotopic (exact) mass is 464 g/mol. The number of nitrogens with zero attached hydrogens (tertiary/aromatic N) is 2. The van der Waals surface area contributed by atoms with Crippen LogP contribution in [-0.4, -0.2) is 28.1 Å². The standard InChI is InChI=1S/C25H19F3N4O2/c26-20-10-11-21(24(28)23(20)27)31-22(33)14-29-25(34)19-5-2-1-4-18(19)17-8-6-16(7-9-17)15-32-13-3-12-30-32/h1-13H,14-15H2,(H,29,34)(H,31,33). The SMILES string of the molecule is O=C(CNC(=O)c1ccccc1-c1ccc(Cn2cccn2)cc1)Nc1ccc(F)c(F)c1F. The van der Waals surface area contributed by atoms with E-state index in [1.165, 1.54) is 0 Å². The average molecular weight is 464 g/mol. The molecular formula is C25H19F3N4O2. The summed E-state index contributed by atoms with van der Waals surface area (Å²) < 4.78 is 41.9. The number of hydrogen-bond acceptors (Lipinski definition) is 3. The predicted octanol–water partition coefficient (Wildman–Crippen LogP) is 4.38. The molecule has 0 spiro atoms. The molecule has 3 aromatic carbocycles. The molecule has 0 fully saturated rings. The van der Waals surface area contributed by atoms with Crippen molar-refractivity contribution in [1.82, 2.24) is 15.1 Å². The Morgan fingerprint density at radius 3 is 2.38 bits per heavy atom. The Morgan fingerprint density at radius 1 is 0.882 bits per heavy atom. The van der Waals surface area contributed by atoms with E-state index in [9.17, 15) is 22.8 Å². The van der Waals surface area contributed by atoms with Gasteiger partial charge in [-0.2, -0.15) is 5.10 Å². The largest absolute Gasteiger partial charge is 0.343 e. The summed E-state index contributed by atoms with van der Waals surface area (Å²) in [7, 11) is 0. The van der Waals surface area contributed by atoms with Gasteiger partial charge in [0.1, 0.15) is 0 Å². The zero-order valence-electron chi connectivity index (χ0n) is 17.8. The molecule has 1 heterocycles. The van der Waals surface area contributed by atoms with Crippen molar-refractivity contribution >= 4 is 17.5 Å². The fraction of sp³-hybridized carbons (Fsp3) is 0.0800. The third kappa shape index (κ3) is 5.15. The first-order valence-electron chi connectivity index (χ1n) is 10.3. The van der Waals surface area contributed by atoms with Crippen LogP contribution in [-0.2, 0) is 11.3 Å². The van der Waals surface area contributed by atoms with E-state index in [0.29, 0.717) is 23.7 Å². The number of hydrogen-bond donors (Lipinski definition) is 2. The Morgan fingerprint density at radius 2 is 1.65 bits per heavy atom. The lowest BCUT2D eigenvalue weighted by Gasteiger charge is -2.12. The number of nitrogens with one attached hydrogen (secondary N) is 2. The van der Waals surface area contributed by atoms with E-state index in [0.717, 1.165) is 17.2 Å². The van der Waals surface area contributed by atoms with Crippen molar-refractivity contribution in [2.75, 3.05) is 11.9 Å². The van der Waals surface area contributed by atoms with Gasteiger partial charge < -0.3 is 10.6 Å². The van der Waals surface area contributed by atoms with Gasteiger partial charge in [-0.3, -0.25) is 14.3 Å². The van der Waals surface area contributed by atoms with Crippen molar-refractivity contribution in [2.24, 2.45) is 0 Å². The minimum Gasteiger partial charge on any atom is -0.343 e. The molecule has 4 aromatic rings. The molecule has 34 heavy (non-hydrogen) atoms. The maximum Gasteiger partial charge on any atom is 0.252 e. The molecule has 0 aliphatic heterocycles. The van der Waals surface area contributed by atoms with Crippen molar-refractivity contribution < 1.29 is 22.8 Å². The number of anilines is 1. The lowest BCUT2D eigenvalue weighted by molar-refractivity contribution is -0.115. The summed E-state index contributed by atoms with van der Waals surface area (Å²) in [5, 5.41) is 8.75. The Balaban J connectivity index is 1.42. The first kappa shape index (κ1) is 22.8. The first-order valence-corrected chi connectivity index (χ1v) is 10.3. The minimum atomic E-state index is -1.69. The van der Waals surface area contributed by atoms with Crippen molar-refractivity contribution in [3.63, 3.8) is 0 Å². The number of halogens is 3. The summed E-state index contributed by atoms with van der Waals surface area (Å²) in [5.41, 5.74) is 2.33. The number of benzene rings is 3. The minimum absolute atomic E-state index is 0.342. The highest BCUT2D eigenvalue weighted by Crippen LogP contribution is 2.24. The van der Waals surface area contributed by atoms with Crippen LogP contribution in [0.2, 0.25) is 0 Å². The van der Waals surface area contributed by atoms with E-state index in [2.05, 4.69) is 15.7 Å². The maximum atomic E-state index is 13.7. The summed E-state index contributed by atoms with van der Waals surface area (Å²) in [6.45, 7) is 0.123. The first-order chi connectivity index (χ1) is 16.4. The zero-order valence-corrected chi connectivity index (χ0v) is 17.8. The molecule has 9 heteroatoms. The Bertz CT molecular complexity index is 1320. The van der Waals surface area contributed by atoms with Crippen LogP contribution in [0.1, 0.15) is 15.9 Å². The van der Waals surface area contributed by atoms with E-state index in [1.54, 1.807) is 35.1 Å². The van der Waals surface area contributed by atoms with E-state index < -0.39 is 41.5 Å². The van der Waals surface area contributed by atoms with Gasteiger partial charge in [-0.15, -0.1) is 0 Å². The summed E-state index contributed by atoms with van der Waals surface area (Å²) >= 11 is 0. The zero-order chi connectivity index (χ0) is 24.1. The van der Waals surface area contributed by atoms with Gasteiger partial charge in [0.25, 0.3) is 5.91 Å². The second-order valence-electron chi connectivity index (χ2n) is 7.40. The third-order valence-electron chi connectivity index (χ3n) is 5.06. The molecule has 0 saturated carbocycles. The molecule has 0 unspecified atom stereocenters. The molecular weight excluding hydrogens is 445 g/mol. The fourth-order valence-corrected chi connectivity index (χ4v) is 3.38. The normalized spacial score (nSPS) is 10.7. The second kappa shape index (κ2) is 10.0. The molecule has 0 atom stereocenters. The van der Waals surface area contributed by atoms with Crippen molar-refractivity contribution in [2.45, 2.75) is 6.54 Å². The van der Waals surface area contributed by atoms with Gasteiger partial charge in [-0.1, -0.05) is 42.5 Å². The number of amides is 2. The summed E-state index contributed by atoms with van der Waals surface area (Å²) in [4.78, 5) is 24.9.